The van der Waals surface area contributed by atoms with E-state index in [2.05, 4.69) is 26.1 Å². The quantitative estimate of drug-likeness (QED) is 0.596. The lowest BCUT2D eigenvalue weighted by atomic mass is 9.97. The highest BCUT2D eigenvalue weighted by Crippen LogP contribution is 2.39. The molecule has 1 aromatic carbocycles. The molecular weight excluding hydrogens is 162 g/mol. The molecule has 1 aliphatic rings. The van der Waals surface area contributed by atoms with Gasteiger partial charge in [-0.2, -0.15) is 0 Å². The fraction of sp³-hybridized carbons (Fsp3) is 0.455. The zero-order chi connectivity index (χ0) is 9.64. The van der Waals surface area contributed by atoms with Gasteiger partial charge in [-0.1, -0.05) is 6.07 Å². The van der Waals surface area contributed by atoms with Crippen molar-refractivity contribution in [3.8, 4) is 5.75 Å². The van der Waals surface area contributed by atoms with E-state index in [1.54, 1.807) is 6.07 Å². The van der Waals surface area contributed by atoms with E-state index in [9.17, 15) is 5.11 Å². The molecule has 0 radical (unpaired) electrons. The number of anilines is 1. The fourth-order valence-electron chi connectivity index (χ4n) is 1.93. The molecule has 0 bridgehead atoms. The summed E-state index contributed by atoms with van der Waals surface area (Å²) in [5.41, 5.74) is 3.51. The average Bonchev–Trinajstić information content (AvgIpc) is 2.35. The van der Waals surface area contributed by atoms with Crippen molar-refractivity contribution in [3.05, 3.63) is 23.3 Å². The molecule has 2 nitrogen and oxygen atoms in total. The Morgan fingerprint density at radius 2 is 2.08 bits per heavy atom. The van der Waals surface area contributed by atoms with Crippen molar-refractivity contribution in [3.63, 3.8) is 0 Å². The van der Waals surface area contributed by atoms with Gasteiger partial charge in [0, 0.05) is 5.54 Å². The molecule has 1 aliphatic heterocycles. The summed E-state index contributed by atoms with van der Waals surface area (Å²) in [5, 5.41) is 13.0. The van der Waals surface area contributed by atoms with Gasteiger partial charge in [0.05, 0.1) is 5.69 Å². The van der Waals surface area contributed by atoms with Crippen LogP contribution in [0.15, 0.2) is 12.1 Å². The van der Waals surface area contributed by atoms with Crippen molar-refractivity contribution < 1.29 is 5.11 Å². The van der Waals surface area contributed by atoms with E-state index in [4.69, 9.17) is 0 Å². The molecule has 13 heavy (non-hydrogen) atoms. The lowest BCUT2D eigenvalue weighted by Crippen LogP contribution is -2.27. The number of hydrogen-bond acceptors (Lipinski definition) is 2. The lowest BCUT2D eigenvalue weighted by Gasteiger charge is -2.18. The summed E-state index contributed by atoms with van der Waals surface area (Å²) in [7, 11) is 0. The van der Waals surface area contributed by atoms with Crippen LogP contribution in [0.1, 0.15) is 25.0 Å². The van der Waals surface area contributed by atoms with Crippen LogP contribution in [-0.2, 0) is 6.42 Å². The number of fused-ring (bicyclic) bond motifs is 1. The van der Waals surface area contributed by atoms with Crippen LogP contribution in [0.4, 0.5) is 5.69 Å². The first-order valence-electron chi connectivity index (χ1n) is 4.59. The Kier molecular flexibility index (Phi) is 1.56. The Balaban J connectivity index is 2.56. The molecule has 0 atom stereocenters. The molecule has 0 saturated heterocycles. The van der Waals surface area contributed by atoms with E-state index in [0.29, 0.717) is 5.75 Å². The summed E-state index contributed by atoms with van der Waals surface area (Å²) < 4.78 is 0. The van der Waals surface area contributed by atoms with Crippen LogP contribution in [0.2, 0.25) is 0 Å². The fourth-order valence-corrected chi connectivity index (χ4v) is 1.93. The molecule has 0 aromatic heterocycles. The topological polar surface area (TPSA) is 32.3 Å². The molecule has 0 unspecified atom stereocenters. The molecule has 2 N–H and O–H groups in total. The minimum atomic E-state index is 0.0753. The maximum atomic E-state index is 9.63. The number of aryl methyl sites for hydroxylation is 1. The predicted molar refractivity (Wildman–Crippen MR) is 54.2 cm³/mol. The van der Waals surface area contributed by atoms with Gasteiger partial charge >= 0.3 is 0 Å². The van der Waals surface area contributed by atoms with E-state index >= 15 is 0 Å². The van der Waals surface area contributed by atoms with Gasteiger partial charge in [0.15, 0.2) is 0 Å². The third-order valence-corrected chi connectivity index (χ3v) is 2.61. The number of benzene rings is 1. The second kappa shape index (κ2) is 2.41. The van der Waals surface area contributed by atoms with Crippen molar-refractivity contribution >= 4 is 5.69 Å². The zero-order valence-electron chi connectivity index (χ0n) is 8.31. The zero-order valence-corrected chi connectivity index (χ0v) is 8.31. The predicted octanol–water partition coefficient (Wildman–Crippen LogP) is 2.45. The molecule has 0 spiro atoms. The van der Waals surface area contributed by atoms with Crippen LogP contribution in [-0.4, -0.2) is 10.6 Å². The maximum absolute atomic E-state index is 9.63. The maximum Gasteiger partial charge on any atom is 0.138 e. The highest BCUT2D eigenvalue weighted by Gasteiger charge is 2.30. The third kappa shape index (κ3) is 1.26. The van der Waals surface area contributed by atoms with Crippen molar-refractivity contribution in [1.29, 1.82) is 0 Å². The Labute approximate surface area is 78.6 Å². The summed E-state index contributed by atoms with van der Waals surface area (Å²) in [6, 6.07) is 3.72. The monoisotopic (exact) mass is 177 g/mol. The summed E-state index contributed by atoms with van der Waals surface area (Å²) in [4.78, 5) is 0. The van der Waals surface area contributed by atoms with Crippen molar-refractivity contribution in [2.24, 2.45) is 0 Å². The number of aromatic hydroxyl groups is 1. The van der Waals surface area contributed by atoms with Gasteiger partial charge in [-0.15, -0.1) is 0 Å². The highest BCUT2D eigenvalue weighted by atomic mass is 16.3. The Morgan fingerprint density at radius 3 is 2.69 bits per heavy atom. The molecule has 2 rings (SSSR count). The van der Waals surface area contributed by atoms with Gasteiger partial charge in [0.1, 0.15) is 5.75 Å². The van der Waals surface area contributed by atoms with E-state index in [1.165, 1.54) is 11.1 Å². The average molecular weight is 177 g/mol. The first-order valence-corrected chi connectivity index (χ1v) is 4.59. The third-order valence-electron chi connectivity index (χ3n) is 2.61. The first-order chi connectivity index (χ1) is 5.99. The molecule has 0 fully saturated rings. The molecule has 1 aromatic rings. The van der Waals surface area contributed by atoms with Gasteiger partial charge < -0.3 is 10.4 Å². The SMILES string of the molecule is Cc1ccc(O)c2c1CC(C)(C)N2. The van der Waals surface area contributed by atoms with Crippen LogP contribution in [0, 0.1) is 6.92 Å². The summed E-state index contributed by atoms with van der Waals surface area (Å²) in [6.07, 6.45) is 0.989. The Bertz CT molecular complexity index is 322. The largest absolute Gasteiger partial charge is 0.506 e. The minimum Gasteiger partial charge on any atom is -0.506 e. The number of nitrogens with one attached hydrogen (secondary N) is 1. The minimum absolute atomic E-state index is 0.0753. The summed E-state index contributed by atoms with van der Waals surface area (Å²) in [6.45, 7) is 6.37. The standard InChI is InChI=1S/C11H15NO/c1-7-4-5-9(13)10-8(7)6-11(2,3)12-10/h4-5,12-13H,6H2,1-3H3. The molecule has 0 aliphatic carbocycles. The van der Waals surface area contributed by atoms with Gasteiger partial charge in [-0.25, -0.2) is 0 Å². The van der Waals surface area contributed by atoms with E-state index in [0.717, 1.165) is 12.1 Å². The van der Waals surface area contributed by atoms with Crippen LogP contribution >= 0.6 is 0 Å². The van der Waals surface area contributed by atoms with Crippen LogP contribution in [0.3, 0.4) is 0 Å². The highest BCUT2D eigenvalue weighted by molar-refractivity contribution is 5.68. The van der Waals surface area contributed by atoms with Gasteiger partial charge in [0.25, 0.3) is 0 Å². The van der Waals surface area contributed by atoms with Gasteiger partial charge in [0.2, 0.25) is 0 Å². The molecule has 2 heteroatoms. The summed E-state index contributed by atoms with van der Waals surface area (Å²) in [5.74, 6) is 0.367. The van der Waals surface area contributed by atoms with Gasteiger partial charge in [-0.3, -0.25) is 0 Å². The molecule has 70 valence electrons. The van der Waals surface area contributed by atoms with E-state index < -0.39 is 0 Å². The number of phenolic OH excluding ortho intramolecular Hbond substituents is 1. The molecular formula is C11H15NO. The van der Waals surface area contributed by atoms with E-state index in [1.807, 2.05) is 6.07 Å². The van der Waals surface area contributed by atoms with Crippen molar-refractivity contribution in [2.45, 2.75) is 32.7 Å². The normalized spacial score (nSPS) is 18.1. The summed E-state index contributed by atoms with van der Waals surface area (Å²) >= 11 is 0. The Morgan fingerprint density at radius 1 is 1.38 bits per heavy atom. The van der Waals surface area contributed by atoms with Crippen LogP contribution in [0.25, 0.3) is 0 Å². The van der Waals surface area contributed by atoms with Gasteiger partial charge in [-0.05, 0) is 44.4 Å². The number of hydrogen-bond donors (Lipinski definition) is 2. The van der Waals surface area contributed by atoms with Crippen molar-refractivity contribution in [1.82, 2.24) is 0 Å². The van der Waals surface area contributed by atoms with Crippen molar-refractivity contribution in [2.75, 3.05) is 5.32 Å². The Hall–Kier alpha value is -1.18. The molecule has 1 heterocycles. The number of phenols is 1. The number of rotatable bonds is 0. The van der Waals surface area contributed by atoms with Crippen LogP contribution < -0.4 is 5.32 Å². The molecule has 0 saturated carbocycles. The lowest BCUT2D eigenvalue weighted by molar-refractivity contribution is 0.476. The smallest absolute Gasteiger partial charge is 0.138 e. The molecule has 0 amide bonds. The van der Waals surface area contributed by atoms with E-state index in [-0.39, 0.29) is 5.54 Å². The second-order valence-electron chi connectivity index (χ2n) is 4.44. The van der Waals surface area contributed by atoms with Crippen LogP contribution in [0.5, 0.6) is 5.75 Å². The second-order valence-corrected chi connectivity index (χ2v) is 4.44. The first kappa shape index (κ1) is 8.42.